The van der Waals surface area contributed by atoms with Crippen LogP contribution >= 0.6 is 0 Å². The SMILES string of the molecule is COc1cc(CCC[C@@H](NC(N)=O)C(=O)O)ccc1O. The van der Waals surface area contributed by atoms with E-state index < -0.39 is 18.0 Å². The van der Waals surface area contributed by atoms with Crippen LogP contribution in [0.1, 0.15) is 18.4 Å². The Bertz CT molecular complexity index is 490. The lowest BCUT2D eigenvalue weighted by Crippen LogP contribution is -2.43. The summed E-state index contributed by atoms with van der Waals surface area (Å²) in [6.07, 6.45) is 1.41. The van der Waals surface area contributed by atoms with E-state index in [1.807, 2.05) is 0 Å². The number of carboxylic acids is 1. The number of aliphatic carboxylic acids is 1. The topological polar surface area (TPSA) is 122 Å². The molecule has 0 saturated carbocycles. The average molecular weight is 282 g/mol. The van der Waals surface area contributed by atoms with Crippen LogP contribution in [-0.2, 0) is 11.2 Å². The van der Waals surface area contributed by atoms with Crippen LogP contribution in [0.15, 0.2) is 18.2 Å². The first kappa shape index (κ1) is 15.6. The summed E-state index contributed by atoms with van der Waals surface area (Å²) in [5, 5.41) is 20.5. The van der Waals surface area contributed by atoms with Gasteiger partial charge in [0.2, 0.25) is 0 Å². The van der Waals surface area contributed by atoms with E-state index in [2.05, 4.69) is 5.32 Å². The zero-order chi connectivity index (χ0) is 15.1. The molecule has 20 heavy (non-hydrogen) atoms. The molecule has 0 heterocycles. The molecule has 7 heteroatoms. The maximum Gasteiger partial charge on any atom is 0.326 e. The third-order valence-corrected chi connectivity index (χ3v) is 2.82. The molecule has 0 saturated heterocycles. The third kappa shape index (κ3) is 4.68. The number of benzene rings is 1. The highest BCUT2D eigenvalue weighted by atomic mass is 16.5. The molecule has 0 aliphatic heterocycles. The lowest BCUT2D eigenvalue weighted by Gasteiger charge is -2.12. The number of hydrogen-bond donors (Lipinski definition) is 4. The molecule has 7 nitrogen and oxygen atoms in total. The number of amides is 2. The summed E-state index contributed by atoms with van der Waals surface area (Å²) in [6, 6.07) is 3.09. The predicted molar refractivity (Wildman–Crippen MR) is 71.7 cm³/mol. The highest BCUT2D eigenvalue weighted by Crippen LogP contribution is 2.26. The van der Waals surface area contributed by atoms with Crippen molar-refractivity contribution in [1.29, 1.82) is 0 Å². The first-order valence-corrected chi connectivity index (χ1v) is 6.08. The smallest absolute Gasteiger partial charge is 0.326 e. The van der Waals surface area contributed by atoms with E-state index in [1.54, 1.807) is 12.1 Å². The van der Waals surface area contributed by atoms with Gasteiger partial charge in [0, 0.05) is 0 Å². The Morgan fingerprint density at radius 1 is 1.45 bits per heavy atom. The molecule has 0 unspecified atom stereocenters. The molecule has 1 aromatic rings. The van der Waals surface area contributed by atoms with Crippen LogP contribution in [0.25, 0.3) is 0 Å². The molecule has 0 radical (unpaired) electrons. The van der Waals surface area contributed by atoms with E-state index in [4.69, 9.17) is 15.6 Å². The first-order chi connectivity index (χ1) is 9.43. The van der Waals surface area contributed by atoms with Crippen molar-refractivity contribution < 1.29 is 24.5 Å². The number of nitrogens with one attached hydrogen (secondary N) is 1. The molecule has 0 spiro atoms. The van der Waals surface area contributed by atoms with Gasteiger partial charge in [-0.2, -0.15) is 0 Å². The molecule has 1 rings (SSSR count). The summed E-state index contributed by atoms with van der Waals surface area (Å²) in [5.41, 5.74) is 5.82. The third-order valence-electron chi connectivity index (χ3n) is 2.82. The largest absolute Gasteiger partial charge is 0.504 e. The number of ether oxygens (including phenoxy) is 1. The van der Waals surface area contributed by atoms with Crippen molar-refractivity contribution in [2.45, 2.75) is 25.3 Å². The lowest BCUT2D eigenvalue weighted by atomic mass is 10.0. The molecule has 0 aliphatic rings. The fourth-order valence-corrected chi connectivity index (χ4v) is 1.82. The van der Waals surface area contributed by atoms with Gasteiger partial charge >= 0.3 is 12.0 Å². The van der Waals surface area contributed by atoms with Gasteiger partial charge in [0.25, 0.3) is 0 Å². The summed E-state index contributed by atoms with van der Waals surface area (Å²) in [5.74, 6) is -0.699. The van der Waals surface area contributed by atoms with E-state index in [1.165, 1.54) is 13.2 Å². The average Bonchev–Trinajstić information content (AvgIpc) is 2.38. The molecule has 1 atom stereocenters. The Morgan fingerprint density at radius 2 is 2.15 bits per heavy atom. The number of carbonyl (C=O) groups is 2. The number of primary amides is 1. The number of methoxy groups -OCH3 is 1. The molecule has 0 fully saturated rings. The van der Waals surface area contributed by atoms with E-state index in [9.17, 15) is 14.7 Å². The number of carboxylic acid groups (broad SMARTS) is 1. The van der Waals surface area contributed by atoms with Crippen molar-refractivity contribution in [2.24, 2.45) is 5.73 Å². The predicted octanol–water partition coefficient (Wildman–Crippen LogP) is 0.845. The van der Waals surface area contributed by atoms with Crippen molar-refractivity contribution >= 4 is 12.0 Å². The van der Waals surface area contributed by atoms with Gasteiger partial charge in [-0.3, -0.25) is 0 Å². The van der Waals surface area contributed by atoms with E-state index in [-0.39, 0.29) is 12.2 Å². The van der Waals surface area contributed by atoms with Gasteiger partial charge < -0.3 is 26.0 Å². The molecule has 2 amide bonds. The minimum absolute atomic E-state index is 0.0510. The van der Waals surface area contributed by atoms with Gasteiger partial charge in [0.15, 0.2) is 11.5 Å². The maximum atomic E-state index is 10.9. The fraction of sp³-hybridized carbons (Fsp3) is 0.385. The lowest BCUT2D eigenvalue weighted by molar-refractivity contribution is -0.139. The Morgan fingerprint density at radius 3 is 2.70 bits per heavy atom. The Kier molecular flexibility index (Phi) is 5.64. The molecule has 1 aromatic carbocycles. The van der Waals surface area contributed by atoms with Crippen LogP contribution in [0.5, 0.6) is 11.5 Å². The number of rotatable bonds is 7. The fourth-order valence-electron chi connectivity index (χ4n) is 1.82. The van der Waals surface area contributed by atoms with Crippen LogP contribution in [0.3, 0.4) is 0 Å². The Labute approximate surface area is 116 Å². The summed E-state index contributed by atoms with van der Waals surface area (Å²) in [6.45, 7) is 0. The zero-order valence-electron chi connectivity index (χ0n) is 11.1. The standard InChI is InChI=1S/C13H18N2O5/c1-20-11-7-8(5-6-10(11)16)3-2-4-9(12(17)18)15-13(14)19/h5-7,9,16H,2-4H2,1H3,(H,17,18)(H3,14,15,19)/t9-/m1/s1. The summed E-state index contributed by atoms with van der Waals surface area (Å²) in [7, 11) is 1.45. The van der Waals surface area contributed by atoms with Crippen molar-refractivity contribution in [3.05, 3.63) is 23.8 Å². The molecule has 0 bridgehead atoms. The van der Waals surface area contributed by atoms with E-state index in [0.717, 1.165) is 5.56 Å². The van der Waals surface area contributed by atoms with Gasteiger partial charge in [0.05, 0.1) is 7.11 Å². The molecule has 0 aliphatic carbocycles. The van der Waals surface area contributed by atoms with Crippen molar-refractivity contribution in [2.75, 3.05) is 7.11 Å². The van der Waals surface area contributed by atoms with E-state index >= 15 is 0 Å². The van der Waals surface area contributed by atoms with Crippen LogP contribution in [0.2, 0.25) is 0 Å². The van der Waals surface area contributed by atoms with Crippen molar-refractivity contribution in [3.63, 3.8) is 0 Å². The van der Waals surface area contributed by atoms with E-state index in [0.29, 0.717) is 18.6 Å². The monoisotopic (exact) mass is 282 g/mol. The zero-order valence-corrected chi connectivity index (χ0v) is 11.1. The number of phenolic OH excluding ortho intramolecular Hbond substituents is 1. The second-order valence-corrected chi connectivity index (χ2v) is 4.30. The minimum atomic E-state index is -1.12. The number of aryl methyl sites for hydroxylation is 1. The van der Waals surface area contributed by atoms with Crippen LogP contribution in [0.4, 0.5) is 4.79 Å². The number of carbonyl (C=O) groups excluding carboxylic acids is 1. The summed E-state index contributed by atoms with van der Waals surface area (Å²) >= 11 is 0. The summed E-state index contributed by atoms with van der Waals surface area (Å²) < 4.78 is 4.99. The van der Waals surface area contributed by atoms with Gasteiger partial charge in [-0.1, -0.05) is 6.07 Å². The normalized spacial score (nSPS) is 11.7. The molecule has 110 valence electrons. The van der Waals surface area contributed by atoms with Gasteiger partial charge in [-0.05, 0) is 37.0 Å². The van der Waals surface area contributed by atoms with Crippen molar-refractivity contribution in [3.8, 4) is 11.5 Å². The van der Waals surface area contributed by atoms with Crippen LogP contribution < -0.4 is 15.8 Å². The van der Waals surface area contributed by atoms with Gasteiger partial charge in [-0.15, -0.1) is 0 Å². The van der Waals surface area contributed by atoms with Crippen LogP contribution in [-0.4, -0.2) is 35.4 Å². The second kappa shape index (κ2) is 7.22. The molecular formula is C13H18N2O5. The molecule has 0 aromatic heterocycles. The van der Waals surface area contributed by atoms with Gasteiger partial charge in [-0.25, -0.2) is 9.59 Å². The number of hydrogen-bond acceptors (Lipinski definition) is 4. The molecular weight excluding hydrogens is 264 g/mol. The van der Waals surface area contributed by atoms with Crippen LogP contribution in [0, 0.1) is 0 Å². The quantitative estimate of drug-likeness (QED) is 0.590. The highest BCUT2D eigenvalue weighted by Gasteiger charge is 2.18. The minimum Gasteiger partial charge on any atom is -0.504 e. The number of urea groups is 1. The molecule has 5 N–H and O–H groups in total. The maximum absolute atomic E-state index is 10.9. The second-order valence-electron chi connectivity index (χ2n) is 4.30. The number of nitrogens with two attached hydrogens (primary N) is 1. The summed E-state index contributed by atoms with van der Waals surface area (Å²) in [4.78, 5) is 21.6. The van der Waals surface area contributed by atoms with Gasteiger partial charge in [0.1, 0.15) is 6.04 Å². The Balaban J connectivity index is 2.54. The van der Waals surface area contributed by atoms with Crippen molar-refractivity contribution in [1.82, 2.24) is 5.32 Å². The highest BCUT2D eigenvalue weighted by molar-refractivity contribution is 5.81. The number of phenols is 1. The number of aromatic hydroxyl groups is 1. The Hall–Kier alpha value is -2.44. The first-order valence-electron chi connectivity index (χ1n) is 6.08.